The Labute approximate surface area is 178 Å². The van der Waals surface area contributed by atoms with Crippen LogP contribution >= 0.6 is 0 Å². The SMILES string of the molecule is CCn1ncc2ccc(NC(=O)c3ccc(NS(=O)(=O)c4ccc(F)cc4)cc3)cc21. The Hall–Kier alpha value is -3.72. The molecule has 4 aromatic rings. The van der Waals surface area contributed by atoms with Gasteiger partial charge in [0.2, 0.25) is 0 Å². The topological polar surface area (TPSA) is 93.1 Å². The lowest BCUT2D eigenvalue weighted by molar-refractivity contribution is 0.102. The summed E-state index contributed by atoms with van der Waals surface area (Å²) in [6.45, 7) is 2.71. The maximum atomic E-state index is 13.0. The van der Waals surface area contributed by atoms with Gasteiger partial charge in [-0.1, -0.05) is 0 Å². The monoisotopic (exact) mass is 438 g/mol. The fraction of sp³-hybridized carbons (Fsp3) is 0.0909. The maximum Gasteiger partial charge on any atom is 0.261 e. The van der Waals surface area contributed by atoms with E-state index in [0.29, 0.717) is 11.3 Å². The van der Waals surface area contributed by atoms with Gasteiger partial charge in [0.1, 0.15) is 5.82 Å². The molecule has 31 heavy (non-hydrogen) atoms. The first-order valence-electron chi connectivity index (χ1n) is 9.51. The molecule has 0 fully saturated rings. The number of rotatable bonds is 6. The quantitative estimate of drug-likeness (QED) is 0.471. The molecule has 2 N–H and O–H groups in total. The molecule has 3 aromatic carbocycles. The van der Waals surface area contributed by atoms with E-state index in [1.807, 2.05) is 23.7 Å². The number of benzene rings is 3. The number of nitrogens with zero attached hydrogens (tertiary/aromatic N) is 2. The number of nitrogens with one attached hydrogen (secondary N) is 2. The highest BCUT2D eigenvalue weighted by Gasteiger charge is 2.15. The van der Waals surface area contributed by atoms with Crippen molar-refractivity contribution in [2.45, 2.75) is 18.4 Å². The van der Waals surface area contributed by atoms with Crippen molar-refractivity contribution in [2.24, 2.45) is 0 Å². The normalized spacial score (nSPS) is 11.4. The van der Waals surface area contributed by atoms with E-state index in [9.17, 15) is 17.6 Å². The molecular weight excluding hydrogens is 419 g/mol. The van der Waals surface area contributed by atoms with E-state index in [2.05, 4.69) is 15.1 Å². The molecule has 0 unspecified atom stereocenters. The van der Waals surface area contributed by atoms with Gasteiger partial charge in [0, 0.05) is 28.9 Å². The van der Waals surface area contributed by atoms with E-state index in [1.54, 1.807) is 12.3 Å². The van der Waals surface area contributed by atoms with Crippen molar-refractivity contribution < 1.29 is 17.6 Å². The molecule has 0 aliphatic heterocycles. The number of carbonyl (C=O) groups excluding carboxylic acids is 1. The van der Waals surface area contributed by atoms with E-state index in [-0.39, 0.29) is 16.5 Å². The summed E-state index contributed by atoms with van der Waals surface area (Å²) < 4.78 is 42.0. The van der Waals surface area contributed by atoms with Gasteiger partial charge < -0.3 is 5.32 Å². The van der Waals surface area contributed by atoms with Gasteiger partial charge in [-0.05, 0) is 73.7 Å². The van der Waals surface area contributed by atoms with Crippen LogP contribution in [0.1, 0.15) is 17.3 Å². The van der Waals surface area contributed by atoms with Crippen LogP contribution in [0.3, 0.4) is 0 Å². The highest BCUT2D eigenvalue weighted by molar-refractivity contribution is 7.92. The lowest BCUT2D eigenvalue weighted by Crippen LogP contribution is -2.14. The number of hydrogen-bond donors (Lipinski definition) is 2. The zero-order chi connectivity index (χ0) is 22.0. The molecule has 7 nitrogen and oxygen atoms in total. The van der Waals surface area contributed by atoms with Crippen molar-refractivity contribution in [2.75, 3.05) is 10.0 Å². The summed E-state index contributed by atoms with van der Waals surface area (Å²) in [6.07, 6.45) is 1.77. The van der Waals surface area contributed by atoms with Crippen LogP contribution in [0, 0.1) is 5.82 Å². The van der Waals surface area contributed by atoms with Crippen LogP contribution in [-0.2, 0) is 16.6 Å². The fourth-order valence-electron chi connectivity index (χ4n) is 3.12. The molecular formula is C22H19FN4O3S. The molecule has 1 heterocycles. The number of sulfonamides is 1. The molecule has 1 aromatic heterocycles. The highest BCUT2D eigenvalue weighted by Crippen LogP contribution is 2.21. The minimum Gasteiger partial charge on any atom is -0.322 e. The molecule has 0 radical (unpaired) electrons. The predicted octanol–water partition coefficient (Wildman–Crippen LogP) is 4.25. The van der Waals surface area contributed by atoms with Crippen molar-refractivity contribution in [1.82, 2.24) is 9.78 Å². The average molecular weight is 438 g/mol. The Kier molecular flexibility index (Phi) is 5.43. The molecule has 0 atom stereocenters. The fourth-order valence-corrected chi connectivity index (χ4v) is 4.18. The summed E-state index contributed by atoms with van der Waals surface area (Å²) in [7, 11) is -3.86. The summed E-state index contributed by atoms with van der Waals surface area (Å²) in [5, 5.41) is 8.11. The van der Waals surface area contributed by atoms with Crippen LogP contribution in [0.2, 0.25) is 0 Å². The molecule has 4 rings (SSSR count). The Morgan fingerprint density at radius 2 is 1.68 bits per heavy atom. The number of amides is 1. The lowest BCUT2D eigenvalue weighted by atomic mass is 10.2. The first kappa shape index (κ1) is 20.5. The molecule has 0 spiro atoms. The number of anilines is 2. The summed E-state index contributed by atoms with van der Waals surface area (Å²) in [5.41, 5.74) is 2.21. The molecule has 0 bridgehead atoms. The predicted molar refractivity (Wildman–Crippen MR) is 117 cm³/mol. The van der Waals surface area contributed by atoms with Gasteiger partial charge in [0.25, 0.3) is 15.9 Å². The largest absolute Gasteiger partial charge is 0.322 e. The third-order valence-electron chi connectivity index (χ3n) is 4.73. The highest BCUT2D eigenvalue weighted by atomic mass is 32.2. The Morgan fingerprint density at radius 1 is 1.00 bits per heavy atom. The van der Waals surface area contributed by atoms with Crippen molar-refractivity contribution in [3.05, 3.63) is 84.3 Å². The Bertz CT molecular complexity index is 1350. The number of aromatic nitrogens is 2. The van der Waals surface area contributed by atoms with Crippen molar-refractivity contribution in [3.8, 4) is 0 Å². The van der Waals surface area contributed by atoms with E-state index < -0.39 is 15.8 Å². The summed E-state index contributed by atoms with van der Waals surface area (Å²) in [6, 6.07) is 16.1. The molecule has 1 amide bonds. The average Bonchev–Trinajstić information content (AvgIpc) is 3.16. The van der Waals surface area contributed by atoms with Gasteiger partial charge >= 0.3 is 0 Å². The second-order valence-electron chi connectivity index (χ2n) is 6.82. The van der Waals surface area contributed by atoms with Crippen LogP contribution in [0.25, 0.3) is 10.9 Å². The van der Waals surface area contributed by atoms with Gasteiger partial charge in [0.05, 0.1) is 16.6 Å². The van der Waals surface area contributed by atoms with E-state index in [0.717, 1.165) is 29.6 Å². The molecule has 0 aliphatic rings. The summed E-state index contributed by atoms with van der Waals surface area (Å²) >= 11 is 0. The molecule has 0 aliphatic carbocycles. The minimum atomic E-state index is -3.86. The van der Waals surface area contributed by atoms with Gasteiger partial charge in [-0.2, -0.15) is 5.10 Å². The van der Waals surface area contributed by atoms with Crippen molar-refractivity contribution in [1.29, 1.82) is 0 Å². The summed E-state index contributed by atoms with van der Waals surface area (Å²) in [5.74, 6) is -0.845. The summed E-state index contributed by atoms with van der Waals surface area (Å²) in [4.78, 5) is 12.5. The zero-order valence-corrected chi connectivity index (χ0v) is 17.4. The van der Waals surface area contributed by atoms with Crippen molar-refractivity contribution >= 4 is 38.2 Å². The Morgan fingerprint density at radius 3 is 2.35 bits per heavy atom. The van der Waals surface area contributed by atoms with E-state index >= 15 is 0 Å². The molecule has 9 heteroatoms. The minimum absolute atomic E-state index is 0.0579. The van der Waals surface area contributed by atoms with Crippen LogP contribution in [0.15, 0.2) is 77.8 Å². The van der Waals surface area contributed by atoms with E-state index in [1.165, 1.54) is 36.4 Å². The van der Waals surface area contributed by atoms with Crippen LogP contribution in [-0.4, -0.2) is 24.1 Å². The Balaban J connectivity index is 1.47. The zero-order valence-electron chi connectivity index (χ0n) is 16.5. The standard InChI is InChI=1S/C22H19FN4O3S/c1-2-27-21-13-19(10-5-16(21)14-24-27)25-22(28)15-3-8-18(9-4-15)26-31(29,30)20-11-6-17(23)7-12-20/h3-14,26H,2H2,1H3,(H,25,28). The van der Waals surface area contributed by atoms with Crippen LogP contribution < -0.4 is 10.0 Å². The second-order valence-corrected chi connectivity index (χ2v) is 8.51. The number of carbonyl (C=O) groups is 1. The van der Waals surface area contributed by atoms with E-state index in [4.69, 9.17) is 0 Å². The lowest BCUT2D eigenvalue weighted by Gasteiger charge is -2.10. The molecule has 0 saturated carbocycles. The van der Waals surface area contributed by atoms with Gasteiger partial charge in [-0.15, -0.1) is 0 Å². The first-order chi connectivity index (χ1) is 14.9. The number of hydrogen-bond acceptors (Lipinski definition) is 4. The van der Waals surface area contributed by atoms with Crippen molar-refractivity contribution in [3.63, 3.8) is 0 Å². The third kappa shape index (κ3) is 4.41. The van der Waals surface area contributed by atoms with Gasteiger partial charge in [-0.25, -0.2) is 12.8 Å². The van der Waals surface area contributed by atoms with Crippen LogP contribution in [0.4, 0.5) is 15.8 Å². The van der Waals surface area contributed by atoms with Gasteiger partial charge in [0.15, 0.2) is 0 Å². The maximum absolute atomic E-state index is 13.0. The number of fused-ring (bicyclic) bond motifs is 1. The number of halogens is 1. The third-order valence-corrected chi connectivity index (χ3v) is 6.12. The first-order valence-corrected chi connectivity index (χ1v) is 11.0. The number of aryl methyl sites for hydroxylation is 1. The van der Waals surface area contributed by atoms with Crippen LogP contribution in [0.5, 0.6) is 0 Å². The molecule has 0 saturated heterocycles. The second kappa shape index (κ2) is 8.19. The molecule has 158 valence electrons. The van der Waals surface area contributed by atoms with Gasteiger partial charge in [-0.3, -0.25) is 14.2 Å². The smallest absolute Gasteiger partial charge is 0.261 e.